The van der Waals surface area contributed by atoms with Gasteiger partial charge < -0.3 is 10.6 Å². The SMILES string of the molecule is CC1CCCN1C(=O)C(N)Cc1ccc(-c2ccccc2)cc1. The Morgan fingerprint density at radius 3 is 2.39 bits per heavy atom. The maximum absolute atomic E-state index is 12.4. The molecule has 2 N–H and O–H groups in total. The van der Waals surface area contributed by atoms with Crippen LogP contribution in [0.1, 0.15) is 25.3 Å². The normalized spacial score (nSPS) is 18.9. The molecule has 0 bridgehead atoms. The molecule has 2 atom stereocenters. The minimum atomic E-state index is -0.446. The summed E-state index contributed by atoms with van der Waals surface area (Å²) in [5.41, 5.74) is 9.64. The van der Waals surface area contributed by atoms with Gasteiger partial charge in [0.15, 0.2) is 0 Å². The van der Waals surface area contributed by atoms with Gasteiger partial charge in [-0.25, -0.2) is 0 Å². The summed E-state index contributed by atoms with van der Waals surface area (Å²) in [6.45, 7) is 2.95. The summed E-state index contributed by atoms with van der Waals surface area (Å²) in [4.78, 5) is 14.4. The molecule has 0 spiro atoms. The van der Waals surface area contributed by atoms with Gasteiger partial charge in [0.25, 0.3) is 0 Å². The van der Waals surface area contributed by atoms with Crippen molar-refractivity contribution < 1.29 is 4.79 Å². The van der Waals surface area contributed by atoms with Crippen LogP contribution in [-0.4, -0.2) is 29.4 Å². The molecule has 1 amide bonds. The number of amides is 1. The van der Waals surface area contributed by atoms with E-state index in [0.717, 1.165) is 24.9 Å². The van der Waals surface area contributed by atoms with Gasteiger partial charge in [0.05, 0.1) is 6.04 Å². The number of carbonyl (C=O) groups is 1. The van der Waals surface area contributed by atoms with Crippen molar-refractivity contribution in [3.05, 3.63) is 60.2 Å². The van der Waals surface area contributed by atoms with Gasteiger partial charge in [-0.05, 0) is 42.9 Å². The van der Waals surface area contributed by atoms with E-state index >= 15 is 0 Å². The van der Waals surface area contributed by atoms with Gasteiger partial charge in [-0.15, -0.1) is 0 Å². The Hall–Kier alpha value is -2.13. The molecule has 23 heavy (non-hydrogen) atoms. The molecular formula is C20H24N2O. The number of rotatable bonds is 4. The fourth-order valence-corrected chi connectivity index (χ4v) is 3.28. The highest BCUT2D eigenvalue weighted by Crippen LogP contribution is 2.21. The molecule has 3 nitrogen and oxygen atoms in total. The summed E-state index contributed by atoms with van der Waals surface area (Å²) in [6.07, 6.45) is 2.77. The molecule has 1 aliphatic rings. The monoisotopic (exact) mass is 308 g/mol. The molecule has 0 radical (unpaired) electrons. The Bertz CT molecular complexity index is 651. The van der Waals surface area contributed by atoms with Crippen molar-refractivity contribution in [1.29, 1.82) is 0 Å². The first-order valence-corrected chi connectivity index (χ1v) is 8.35. The molecule has 1 aliphatic heterocycles. The smallest absolute Gasteiger partial charge is 0.240 e. The van der Waals surface area contributed by atoms with Crippen LogP contribution in [0.4, 0.5) is 0 Å². The Kier molecular flexibility index (Phi) is 4.77. The van der Waals surface area contributed by atoms with Crippen LogP contribution in [0, 0.1) is 0 Å². The number of nitrogens with zero attached hydrogens (tertiary/aromatic N) is 1. The van der Waals surface area contributed by atoms with Crippen molar-refractivity contribution in [2.24, 2.45) is 5.73 Å². The standard InChI is InChI=1S/C20H24N2O/c1-15-6-5-13-22(15)20(23)19(21)14-16-9-11-18(12-10-16)17-7-3-2-4-8-17/h2-4,7-12,15,19H,5-6,13-14,21H2,1H3. The van der Waals surface area contributed by atoms with E-state index < -0.39 is 6.04 Å². The zero-order chi connectivity index (χ0) is 16.2. The highest BCUT2D eigenvalue weighted by atomic mass is 16.2. The second-order valence-corrected chi connectivity index (χ2v) is 6.40. The van der Waals surface area contributed by atoms with Crippen LogP contribution in [0.5, 0.6) is 0 Å². The van der Waals surface area contributed by atoms with Crippen LogP contribution in [0.15, 0.2) is 54.6 Å². The largest absolute Gasteiger partial charge is 0.339 e. The molecule has 2 aromatic carbocycles. The van der Waals surface area contributed by atoms with Gasteiger partial charge in [0.1, 0.15) is 0 Å². The average molecular weight is 308 g/mol. The molecule has 1 heterocycles. The van der Waals surface area contributed by atoms with Gasteiger partial charge >= 0.3 is 0 Å². The van der Waals surface area contributed by atoms with Gasteiger partial charge in [0.2, 0.25) is 5.91 Å². The summed E-state index contributed by atoms with van der Waals surface area (Å²) >= 11 is 0. The first kappa shape index (κ1) is 15.8. The van der Waals surface area contributed by atoms with Gasteiger partial charge in [-0.3, -0.25) is 4.79 Å². The van der Waals surface area contributed by atoms with Crippen LogP contribution in [0.2, 0.25) is 0 Å². The highest BCUT2D eigenvalue weighted by Gasteiger charge is 2.28. The molecule has 0 aromatic heterocycles. The van der Waals surface area contributed by atoms with E-state index in [9.17, 15) is 4.79 Å². The quantitative estimate of drug-likeness (QED) is 0.942. The van der Waals surface area contributed by atoms with E-state index in [1.807, 2.05) is 23.1 Å². The third-order valence-electron chi connectivity index (χ3n) is 4.67. The van der Waals surface area contributed by atoms with Crippen molar-refractivity contribution in [3.63, 3.8) is 0 Å². The molecular weight excluding hydrogens is 284 g/mol. The zero-order valence-corrected chi connectivity index (χ0v) is 13.6. The Labute approximate surface area is 138 Å². The van der Waals surface area contributed by atoms with Crippen molar-refractivity contribution in [2.75, 3.05) is 6.54 Å². The van der Waals surface area contributed by atoms with Crippen molar-refractivity contribution in [3.8, 4) is 11.1 Å². The van der Waals surface area contributed by atoms with Crippen LogP contribution in [0.25, 0.3) is 11.1 Å². The molecule has 120 valence electrons. The maximum Gasteiger partial charge on any atom is 0.240 e. The van der Waals surface area contributed by atoms with E-state index in [1.54, 1.807) is 0 Å². The molecule has 3 heteroatoms. The molecule has 0 saturated carbocycles. The maximum atomic E-state index is 12.4. The van der Waals surface area contributed by atoms with Crippen molar-refractivity contribution >= 4 is 5.91 Å². The minimum absolute atomic E-state index is 0.0853. The molecule has 2 unspecified atom stereocenters. The number of hydrogen-bond acceptors (Lipinski definition) is 2. The number of benzene rings is 2. The lowest BCUT2D eigenvalue weighted by atomic mass is 10.0. The second kappa shape index (κ2) is 6.97. The predicted molar refractivity (Wildman–Crippen MR) is 94.0 cm³/mol. The summed E-state index contributed by atoms with van der Waals surface area (Å²) in [5.74, 6) is 0.0853. The summed E-state index contributed by atoms with van der Waals surface area (Å²) in [5, 5.41) is 0. The zero-order valence-electron chi connectivity index (χ0n) is 13.6. The van der Waals surface area contributed by atoms with E-state index in [-0.39, 0.29) is 5.91 Å². The van der Waals surface area contributed by atoms with Gasteiger partial charge in [-0.2, -0.15) is 0 Å². The summed E-state index contributed by atoms with van der Waals surface area (Å²) < 4.78 is 0. The third-order valence-corrected chi connectivity index (χ3v) is 4.67. The first-order valence-electron chi connectivity index (χ1n) is 8.35. The molecule has 1 saturated heterocycles. The fraction of sp³-hybridized carbons (Fsp3) is 0.350. The topological polar surface area (TPSA) is 46.3 Å². The Balaban J connectivity index is 1.65. The number of carbonyl (C=O) groups excluding carboxylic acids is 1. The second-order valence-electron chi connectivity index (χ2n) is 6.40. The Morgan fingerprint density at radius 1 is 1.13 bits per heavy atom. The molecule has 0 aliphatic carbocycles. The average Bonchev–Trinajstić information content (AvgIpc) is 3.01. The van der Waals surface area contributed by atoms with Crippen molar-refractivity contribution in [1.82, 2.24) is 4.90 Å². The van der Waals surface area contributed by atoms with Crippen LogP contribution >= 0.6 is 0 Å². The van der Waals surface area contributed by atoms with Crippen molar-refractivity contribution in [2.45, 2.75) is 38.3 Å². The predicted octanol–water partition coefficient (Wildman–Crippen LogP) is 3.23. The Morgan fingerprint density at radius 2 is 1.78 bits per heavy atom. The van der Waals surface area contributed by atoms with Gasteiger partial charge in [0, 0.05) is 12.6 Å². The van der Waals surface area contributed by atoms with Crippen LogP contribution in [0.3, 0.4) is 0 Å². The lowest BCUT2D eigenvalue weighted by Gasteiger charge is -2.25. The number of hydrogen-bond donors (Lipinski definition) is 1. The lowest BCUT2D eigenvalue weighted by molar-refractivity contribution is -0.133. The molecule has 3 rings (SSSR count). The highest BCUT2D eigenvalue weighted by molar-refractivity contribution is 5.82. The van der Waals surface area contributed by atoms with Crippen LogP contribution in [-0.2, 0) is 11.2 Å². The number of nitrogens with two attached hydrogens (primary N) is 1. The van der Waals surface area contributed by atoms with E-state index in [2.05, 4.69) is 43.3 Å². The van der Waals surface area contributed by atoms with E-state index in [0.29, 0.717) is 12.5 Å². The lowest BCUT2D eigenvalue weighted by Crippen LogP contribution is -2.46. The molecule has 1 fully saturated rings. The third kappa shape index (κ3) is 3.62. The molecule has 2 aromatic rings. The number of likely N-dealkylation sites (tertiary alicyclic amines) is 1. The summed E-state index contributed by atoms with van der Waals surface area (Å²) in [6, 6.07) is 18.5. The summed E-state index contributed by atoms with van der Waals surface area (Å²) in [7, 11) is 0. The van der Waals surface area contributed by atoms with E-state index in [1.165, 1.54) is 11.1 Å². The fourth-order valence-electron chi connectivity index (χ4n) is 3.28. The van der Waals surface area contributed by atoms with Gasteiger partial charge in [-0.1, -0.05) is 54.6 Å². The van der Waals surface area contributed by atoms with E-state index in [4.69, 9.17) is 5.73 Å². The first-order chi connectivity index (χ1) is 11.1. The minimum Gasteiger partial charge on any atom is -0.339 e. The van der Waals surface area contributed by atoms with Crippen LogP contribution < -0.4 is 5.73 Å².